The minimum absolute atomic E-state index is 0.328. The number of rotatable bonds is 8. The highest BCUT2D eigenvalue weighted by Crippen LogP contribution is 2.25. The number of hydrogen-bond acceptors (Lipinski definition) is 5. The van der Waals surface area contributed by atoms with E-state index in [1.165, 1.54) is 11.3 Å². The topological polar surface area (TPSA) is 67.4 Å². The van der Waals surface area contributed by atoms with Gasteiger partial charge in [0.1, 0.15) is 0 Å². The molecule has 1 fully saturated rings. The zero-order valence-corrected chi connectivity index (χ0v) is 14.3. The van der Waals surface area contributed by atoms with Gasteiger partial charge in [-0.25, -0.2) is 13.1 Å². The van der Waals surface area contributed by atoms with E-state index < -0.39 is 10.0 Å². The zero-order chi connectivity index (χ0) is 15.3. The Labute approximate surface area is 131 Å². The number of sulfonamides is 1. The minimum Gasteiger partial charge on any atom is -0.374 e. The lowest BCUT2D eigenvalue weighted by Gasteiger charge is -2.23. The van der Waals surface area contributed by atoms with Gasteiger partial charge in [0.15, 0.2) is 0 Å². The van der Waals surface area contributed by atoms with Gasteiger partial charge in [-0.05, 0) is 38.8 Å². The normalized spacial score (nSPS) is 22.8. The Bertz CT molecular complexity index is 548. The van der Waals surface area contributed by atoms with Crippen LogP contribution in [0.3, 0.4) is 0 Å². The van der Waals surface area contributed by atoms with Crippen LogP contribution in [-0.2, 0) is 21.3 Å². The third-order valence-electron chi connectivity index (χ3n) is 3.60. The first-order valence-electron chi connectivity index (χ1n) is 7.37. The number of nitrogens with one attached hydrogen (secondary N) is 2. The Kier molecular flexibility index (Phi) is 5.79. The van der Waals surface area contributed by atoms with E-state index in [4.69, 9.17) is 4.74 Å². The standard InChI is InChI=1S/C14H24N2O3S2/c1-3-6-15-9-12-8-13(10-20-12)21(17,18)16-11-14(2)5-4-7-19-14/h8,10,15-16H,3-7,9,11H2,1-2H3. The Morgan fingerprint density at radius 2 is 2.29 bits per heavy atom. The molecule has 0 radical (unpaired) electrons. The highest BCUT2D eigenvalue weighted by Gasteiger charge is 2.31. The van der Waals surface area contributed by atoms with Gasteiger partial charge >= 0.3 is 0 Å². The maximum atomic E-state index is 12.3. The van der Waals surface area contributed by atoms with Gasteiger partial charge < -0.3 is 10.1 Å². The average molecular weight is 332 g/mol. The van der Waals surface area contributed by atoms with Crippen LogP contribution in [0.1, 0.15) is 38.0 Å². The van der Waals surface area contributed by atoms with E-state index in [-0.39, 0.29) is 5.60 Å². The molecule has 1 aromatic rings. The van der Waals surface area contributed by atoms with Crippen LogP contribution in [0.15, 0.2) is 16.3 Å². The van der Waals surface area contributed by atoms with Gasteiger partial charge in [0.25, 0.3) is 0 Å². The summed E-state index contributed by atoms with van der Waals surface area (Å²) in [4.78, 5) is 1.38. The maximum absolute atomic E-state index is 12.3. The minimum atomic E-state index is -3.44. The molecule has 1 atom stereocenters. The van der Waals surface area contributed by atoms with Crippen LogP contribution in [0.2, 0.25) is 0 Å². The quantitative estimate of drug-likeness (QED) is 0.716. The lowest BCUT2D eigenvalue weighted by molar-refractivity contribution is 0.0250. The van der Waals surface area contributed by atoms with Crippen LogP contribution in [0, 0.1) is 0 Å². The molecule has 2 N–H and O–H groups in total. The van der Waals surface area contributed by atoms with Crippen molar-refractivity contribution in [2.75, 3.05) is 19.7 Å². The lowest BCUT2D eigenvalue weighted by Crippen LogP contribution is -2.39. The second-order valence-corrected chi connectivity index (χ2v) is 8.41. The Balaban J connectivity index is 1.92. The summed E-state index contributed by atoms with van der Waals surface area (Å²) in [7, 11) is -3.44. The maximum Gasteiger partial charge on any atom is 0.241 e. The Morgan fingerprint density at radius 1 is 1.48 bits per heavy atom. The van der Waals surface area contributed by atoms with Gasteiger partial charge in [-0.2, -0.15) is 0 Å². The summed E-state index contributed by atoms with van der Waals surface area (Å²) in [6.45, 7) is 6.75. The molecule has 120 valence electrons. The van der Waals surface area contributed by atoms with Crippen LogP contribution >= 0.6 is 11.3 Å². The van der Waals surface area contributed by atoms with Crippen molar-refractivity contribution in [2.45, 2.75) is 50.2 Å². The summed E-state index contributed by atoms with van der Waals surface area (Å²) >= 11 is 1.47. The SMILES string of the molecule is CCCNCc1cc(S(=O)(=O)NCC2(C)CCCO2)cs1. The molecule has 5 nitrogen and oxygen atoms in total. The van der Waals surface area contributed by atoms with E-state index in [2.05, 4.69) is 17.0 Å². The molecule has 1 aliphatic rings. The summed E-state index contributed by atoms with van der Waals surface area (Å²) in [5.41, 5.74) is -0.366. The fourth-order valence-corrected chi connectivity index (χ4v) is 4.69. The van der Waals surface area contributed by atoms with Crippen molar-refractivity contribution in [2.24, 2.45) is 0 Å². The third kappa shape index (κ3) is 4.75. The summed E-state index contributed by atoms with van der Waals surface area (Å²) in [5.74, 6) is 0. The van der Waals surface area contributed by atoms with Gasteiger partial charge in [-0.3, -0.25) is 0 Å². The molecule has 1 aromatic heterocycles. The van der Waals surface area contributed by atoms with E-state index >= 15 is 0 Å². The van der Waals surface area contributed by atoms with Crippen molar-refractivity contribution in [3.63, 3.8) is 0 Å². The molecular weight excluding hydrogens is 308 g/mol. The van der Waals surface area contributed by atoms with Gasteiger partial charge in [-0.1, -0.05) is 6.92 Å². The van der Waals surface area contributed by atoms with Crippen molar-refractivity contribution in [1.82, 2.24) is 10.0 Å². The molecule has 7 heteroatoms. The Hall–Kier alpha value is -0.470. The molecule has 1 aliphatic heterocycles. The van der Waals surface area contributed by atoms with E-state index in [0.717, 1.165) is 37.2 Å². The summed E-state index contributed by atoms with van der Waals surface area (Å²) in [6.07, 6.45) is 2.95. The fraction of sp³-hybridized carbons (Fsp3) is 0.714. The molecule has 0 bridgehead atoms. The van der Waals surface area contributed by atoms with Gasteiger partial charge in [-0.15, -0.1) is 11.3 Å². The first kappa shape index (κ1) is 16.9. The van der Waals surface area contributed by atoms with Gasteiger partial charge in [0.05, 0.1) is 10.5 Å². The van der Waals surface area contributed by atoms with E-state index in [1.54, 1.807) is 11.4 Å². The summed E-state index contributed by atoms with van der Waals surface area (Å²) < 4.78 is 32.9. The first-order valence-corrected chi connectivity index (χ1v) is 9.73. The molecule has 0 spiro atoms. The predicted molar refractivity (Wildman–Crippen MR) is 85.1 cm³/mol. The number of hydrogen-bond donors (Lipinski definition) is 2. The molecule has 21 heavy (non-hydrogen) atoms. The fourth-order valence-electron chi connectivity index (χ4n) is 2.29. The van der Waals surface area contributed by atoms with Crippen LogP contribution in [0.4, 0.5) is 0 Å². The molecule has 1 unspecified atom stereocenters. The monoisotopic (exact) mass is 332 g/mol. The molecule has 2 rings (SSSR count). The second-order valence-electron chi connectivity index (χ2n) is 5.65. The molecule has 0 aromatic carbocycles. The van der Waals surface area contributed by atoms with Crippen LogP contribution < -0.4 is 10.0 Å². The number of ether oxygens (including phenoxy) is 1. The van der Waals surface area contributed by atoms with Crippen molar-refractivity contribution in [1.29, 1.82) is 0 Å². The summed E-state index contributed by atoms with van der Waals surface area (Å²) in [6, 6.07) is 1.74. The second kappa shape index (κ2) is 7.19. The zero-order valence-electron chi connectivity index (χ0n) is 12.6. The Morgan fingerprint density at radius 3 is 2.95 bits per heavy atom. The van der Waals surface area contributed by atoms with Crippen LogP contribution in [0.25, 0.3) is 0 Å². The van der Waals surface area contributed by atoms with E-state index in [0.29, 0.717) is 18.0 Å². The van der Waals surface area contributed by atoms with Gasteiger partial charge in [0.2, 0.25) is 10.0 Å². The van der Waals surface area contributed by atoms with Crippen molar-refractivity contribution < 1.29 is 13.2 Å². The third-order valence-corrected chi connectivity index (χ3v) is 6.07. The van der Waals surface area contributed by atoms with Crippen molar-refractivity contribution in [3.05, 3.63) is 16.3 Å². The molecule has 2 heterocycles. The van der Waals surface area contributed by atoms with Gasteiger partial charge in [0, 0.05) is 30.0 Å². The van der Waals surface area contributed by atoms with E-state index in [1.807, 2.05) is 6.92 Å². The molecule has 0 amide bonds. The van der Waals surface area contributed by atoms with Crippen LogP contribution in [-0.4, -0.2) is 33.7 Å². The largest absolute Gasteiger partial charge is 0.374 e. The highest BCUT2D eigenvalue weighted by molar-refractivity contribution is 7.89. The molecule has 1 saturated heterocycles. The smallest absolute Gasteiger partial charge is 0.241 e. The molecule has 0 saturated carbocycles. The molecular formula is C14H24N2O3S2. The van der Waals surface area contributed by atoms with E-state index in [9.17, 15) is 8.42 Å². The first-order chi connectivity index (χ1) is 9.95. The van der Waals surface area contributed by atoms with Crippen molar-refractivity contribution in [3.8, 4) is 0 Å². The highest BCUT2D eigenvalue weighted by atomic mass is 32.2. The average Bonchev–Trinajstić information content (AvgIpc) is 3.07. The van der Waals surface area contributed by atoms with Crippen LogP contribution in [0.5, 0.6) is 0 Å². The number of thiophene rings is 1. The molecule has 0 aliphatic carbocycles. The summed E-state index contributed by atoms with van der Waals surface area (Å²) in [5, 5.41) is 4.97. The van der Waals surface area contributed by atoms with Crippen molar-refractivity contribution >= 4 is 21.4 Å². The predicted octanol–water partition coefficient (Wildman–Crippen LogP) is 2.10. The lowest BCUT2D eigenvalue weighted by atomic mass is 10.0.